The summed E-state index contributed by atoms with van der Waals surface area (Å²) in [7, 11) is 0. The van der Waals surface area contributed by atoms with Crippen LogP contribution < -0.4 is 21.7 Å². The molecular formula is C22H34N4O5S. The number of thioether (sulfide) groups is 1. The molecule has 3 amide bonds. The zero-order valence-electron chi connectivity index (χ0n) is 18.8. The molecule has 1 aromatic carbocycles. The lowest BCUT2D eigenvalue weighted by Gasteiger charge is -2.25. The number of amides is 3. The van der Waals surface area contributed by atoms with Crippen molar-refractivity contribution in [3.63, 3.8) is 0 Å². The number of nitrogens with two attached hydrogens (primary N) is 1. The lowest BCUT2D eigenvalue weighted by atomic mass is 10.0. The summed E-state index contributed by atoms with van der Waals surface area (Å²) < 4.78 is 0. The molecule has 0 radical (unpaired) electrons. The minimum absolute atomic E-state index is 0.0618. The van der Waals surface area contributed by atoms with Crippen LogP contribution in [-0.4, -0.2) is 65.5 Å². The van der Waals surface area contributed by atoms with Crippen LogP contribution in [-0.2, 0) is 25.6 Å². The first-order valence-electron chi connectivity index (χ1n) is 10.5. The van der Waals surface area contributed by atoms with Gasteiger partial charge in [-0.05, 0) is 36.3 Å². The van der Waals surface area contributed by atoms with Crippen molar-refractivity contribution >= 4 is 35.5 Å². The summed E-state index contributed by atoms with van der Waals surface area (Å²) in [6.07, 6.45) is 2.66. The number of hydrogen-bond donors (Lipinski definition) is 5. The van der Waals surface area contributed by atoms with E-state index in [9.17, 15) is 24.3 Å². The Morgan fingerprint density at radius 2 is 1.56 bits per heavy atom. The molecule has 3 atom stereocenters. The van der Waals surface area contributed by atoms with Crippen molar-refractivity contribution < 1.29 is 24.3 Å². The quantitative estimate of drug-likeness (QED) is 0.268. The SMILES string of the molecule is CSCCC(NC(=O)C(CC(C)C)NC(=O)C(Cc1ccccc1)NC(=O)CN)C(=O)O. The Balaban J connectivity index is 2.98. The molecule has 0 aliphatic rings. The van der Waals surface area contributed by atoms with E-state index in [2.05, 4.69) is 16.0 Å². The van der Waals surface area contributed by atoms with Crippen LogP contribution in [0.2, 0.25) is 0 Å². The molecule has 0 spiro atoms. The summed E-state index contributed by atoms with van der Waals surface area (Å²) in [6.45, 7) is 3.52. The summed E-state index contributed by atoms with van der Waals surface area (Å²) in [5.41, 5.74) is 6.22. The number of carbonyl (C=O) groups excluding carboxylic acids is 3. The second kappa shape index (κ2) is 14.5. The van der Waals surface area contributed by atoms with Gasteiger partial charge in [0.15, 0.2) is 0 Å². The number of nitrogens with one attached hydrogen (secondary N) is 3. The van der Waals surface area contributed by atoms with Gasteiger partial charge in [-0.2, -0.15) is 11.8 Å². The maximum Gasteiger partial charge on any atom is 0.326 e. The molecule has 0 aliphatic carbocycles. The molecule has 0 aromatic heterocycles. The van der Waals surface area contributed by atoms with Gasteiger partial charge in [0.25, 0.3) is 0 Å². The standard InChI is InChI=1S/C22H34N4O5S/c1-14(2)11-17(20(28)25-16(22(30)31)9-10-32-3)26-21(29)18(24-19(27)13-23)12-15-7-5-4-6-8-15/h4-8,14,16-18H,9-13,23H2,1-3H3,(H,24,27)(H,25,28)(H,26,29)(H,30,31). The number of hydrogen-bond acceptors (Lipinski definition) is 6. The van der Waals surface area contributed by atoms with Crippen LogP contribution in [0.5, 0.6) is 0 Å². The first kappa shape index (κ1) is 27.4. The third-order valence-electron chi connectivity index (χ3n) is 4.69. The maximum absolute atomic E-state index is 13.0. The Kier molecular flexibility index (Phi) is 12.4. The second-order valence-corrected chi connectivity index (χ2v) is 8.87. The van der Waals surface area contributed by atoms with Gasteiger partial charge in [-0.1, -0.05) is 44.2 Å². The molecule has 0 bridgehead atoms. The fourth-order valence-electron chi connectivity index (χ4n) is 3.05. The number of aliphatic carboxylic acids is 1. The van der Waals surface area contributed by atoms with E-state index in [1.807, 2.05) is 50.4 Å². The molecular weight excluding hydrogens is 432 g/mol. The van der Waals surface area contributed by atoms with Crippen LogP contribution in [0.4, 0.5) is 0 Å². The number of carboxylic acid groups (broad SMARTS) is 1. The van der Waals surface area contributed by atoms with E-state index in [4.69, 9.17) is 5.73 Å². The van der Waals surface area contributed by atoms with Gasteiger partial charge >= 0.3 is 5.97 Å². The normalized spacial score (nSPS) is 13.7. The molecule has 0 aliphatic heterocycles. The molecule has 178 valence electrons. The van der Waals surface area contributed by atoms with Crippen molar-refractivity contribution in [2.45, 2.75) is 51.2 Å². The Bertz CT molecular complexity index is 760. The van der Waals surface area contributed by atoms with Crippen molar-refractivity contribution in [2.24, 2.45) is 11.7 Å². The molecule has 0 saturated heterocycles. The Hall–Kier alpha value is -2.59. The molecule has 0 saturated carbocycles. The molecule has 3 unspecified atom stereocenters. The van der Waals surface area contributed by atoms with Gasteiger partial charge in [-0.3, -0.25) is 14.4 Å². The van der Waals surface area contributed by atoms with E-state index >= 15 is 0 Å². The molecule has 1 aromatic rings. The van der Waals surface area contributed by atoms with Gasteiger partial charge in [0, 0.05) is 6.42 Å². The van der Waals surface area contributed by atoms with Crippen LogP contribution >= 0.6 is 11.8 Å². The molecule has 0 fully saturated rings. The summed E-state index contributed by atoms with van der Waals surface area (Å²) in [4.78, 5) is 49.2. The zero-order chi connectivity index (χ0) is 24.1. The topological polar surface area (TPSA) is 151 Å². The second-order valence-electron chi connectivity index (χ2n) is 7.89. The number of carboxylic acids is 1. The highest BCUT2D eigenvalue weighted by molar-refractivity contribution is 7.98. The van der Waals surface area contributed by atoms with Crippen molar-refractivity contribution in [1.82, 2.24) is 16.0 Å². The van der Waals surface area contributed by atoms with Crippen LogP contribution in [0.25, 0.3) is 0 Å². The largest absolute Gasteiger partial charge is 0.480 e. The van der Waals surface area contributed by atoms with Gasteiger partial charge in [-0.15, -0.1) is 0 Å². The maximum atomic E-state index is 13.0. The van der Waals surface area contributed by atoms with Crippen LogP contribution in [0.1, 0.15) is 32.3 Å². The third kappa shape index (κ3) is 10.1. The van der Waals surface area contributed by atoms with Gasteiger partial charge in [-0.25, -0.2) is 4.79 Å². The predicted octanol–water partition coefficient (Wildman–Crippen LogP) is 0.526. The highest BCUT2D eigenvalue weighted by atomic mass is 32.2. The van der Waals surface area contributed by atoms with E-state index in [1.165, 1.54) is 11.8 Å². The van der Waals surface area contributed by atoms with Crippen LogP contribution in [0.15, 0.2) is 30.3 Å². The predicted molar refractivity (Wildman–Crippen MR) is 125 cm³/mol. The number of rotatable bonds is 14. The highest BCUT2D eigenvalue weighted by Crippen LogP contribution is 2.09. The van der Waals surface area contributed by atoms with E-state index in [0.717, 1.165) is 5.56 Å². The Morgan fingerprint density at radius 3 is 2.09 bits per heavy atom. The smallest absolute Gasteiger partial charge is 0.326 e. The Labute approximate surface area is 193 Å². The fourth-order valence-corrected chi connectivity index (χ4v) is 3.52. The summed E-state index contributed by atoms with van der Waals surface area (Å²) in [6, 6.07) is 6.24. The van der Waals surface area contributed by atoms with Crippen LogP contribution in [0.3, 0.4) is 0 Å². The van der Waals surface area contributed by atoms with Gasteiger partial charge in [0.2, 0.25) is 17.7 Å². The van der Waals surface area contributed by atoms with Crippen molar-refractivity contribution in [3.8, 4) is 0 Å². The van der Waals surface area contributed by atoms with Gasteiger partial charge in [0.05, 0.1) is 6.54 Å². The molecule has 10 heteroatoms. The lowest BCUT2D eigenvalue weighted by Crippen LogP contribution is -2.57. The minimum Gasteiger partial charge on any atom is -0.480 e. The van der Waals surface area contributed by atoms with Gasteiger partial charge in [0.1, 0.15) is 18.1 Å². The summed E-state index contributed by atoms with van der Waals surface area (Å²) >= 11 is 1.48. The fraction of sp³-hybridized carbons (Fsp3) is 0.545. The lowest BCUT2D eigenvalue weighted by molar-refractivity contribution is -0.142. The zero-order valence-corrected chi connectivity index (χ0v) is 19.6. The molecule has 6 N–H and O–H groups in total. The molecule has 32 heavy (non-hydrogen) atoms. The molecule has 0 heterocycles. The average Bonchev–Trinajstić information content (AvgIpc) is 2.75. The first-order valence-corrected chi connectivity index (χ1v) is 11.9. The average molecular weight is 467 g/mol. The highest BCUT2D eigenvalue weighted by Gasteiger charge is 2.30. The third-order valence-corrected chi connectivity index (χ3v) is 5.33. The number of benzene rings is 1. The minimum atomic E-state index is -1.13. The summed E-state index contributed by atoms with van der Waals surface area (Å²) in [5, 5.41) is 17.2. The van der Waals surface area contributed by atoms with Crippen LogP contribution in [0, 0.1) is 5.92 Å². The monoisotopic (exact) mass is 466 g/mol. The van der Waals surface area contributed by atoms with Crippen molar-refractivity contribution in [1.29, 1.82) is 0 Å². The van der Waals surface area contributed by atoms with Gasteiger partial charge < -0.3 is 26.8 Å². The molecule has 9 nitrogen and oxygen atoms in total. The molecule has 1 rings (SSSR count). The van der Waals surface area contributed by atoms with E-state index in [-0.39, 0.29) is 25.3 Å². The number of carbonyl (C=O) groups is 4. The van der Waals surface area contributed by atoms with E-state index in [0.29, 0.717) is 12.2 Å². The first-order chi connectivity index (χ1) is 15.2. The van der Waals surface area contributed by atoms with Crippen molar-refractivity contribution in [3.05, 3.63) is 35.9 Å². The van der Waals surface area contributed by atoms with Crippen molar-refractivity contribution in [2.75, 3.05) is 18.6 Å². The summed E-state index contributed by atoms with van der Waals surface area (Å²) in [5.74, 6) is -2.08. The Morgan fingerprint density at radius 1 is 0.969 bits per heavy atom. The van der Waals surface area contributed by atoms with E-state index in [1.54, 1.807) is 0 Å². The van der Waals surface area contributed by atoms with E-state index < -0.39 is 41.8 Å².